The number of carbonyl (C=O) groups excluding carboxylic acids is 1. The van der Waals surface area contributed by atoms with Crippen molar-refractivity contribution in [1.29, 1.82) is 0 Å². The van der Waals surface area contributed by atoms with Gasteiger partial charge in [0.2, 0.25) is 0 Å². The molecule has 1 aliphatic heterocycles. The maximum atomic E-state index is 10.9. The fourth-order valence-electron chi connectivity index (χ4n) is 2.71. The Kier molecular flexibility index (Phi) is 9.73. The summed E-state index contributed by atoms with van der Waals surface area (Å²) in [6.45, 7) is 2.25. The highest BCUT2D eigenvalue weighted by molar-refractivity contribution is 5.68. The van der Waals surface area contributed by atoms with Gasteiger partial charge in [0.15, 0.2) is 0 Å². The van der Waals surface area contributed by atoms with Crippen molar-refractivity contribution in [3.8, 4) is 0 Å². The summed E-state index contributed by atoms with van der Waals surface area (Å²) in [5, 5.41) is 0. The van der Waals surface area contributed by atoms with Crippen LogP contribution in [0.2, 0.25) is 0 Å². The van der Waals surface area contributed by atoms with Crippen molar-refractivity contribution in [3.05, 3.63) is 0 Å². The van der Waals surface area contributed by atoms with E-state index in [9.17, 15) is 4.79 Å². The molecule has 3 heteroatoms. The molecule has 1 aliphatic rings. The topological polar surface area (TPSA) is 38.8 Å². The predicted octanol–water partition coefficient (Wildman–Crippen LogP) is 4.63. The van der Waals surface area contributed by atoms with Crippen LogP contribution >= 0.6 is 0 Å². The minimum Gasteiger partial charge on any atom is -0.469 e. The van der Waals surface area contributed by atoms with Crippen molar-refractivity contribution in [2.24, 2.45) is 0 Å². The van der Waals surface area contributed by atoms with E-state index in [0.717, 1.165) is 12.8 Å². The van der Waals surface area contributed by atoms with E-state index in [-0.39, 0.29) is 5.97 Å². The van der Waals surface area contributed by atoms with Gasteiger partial charge in [-0.2, -0.15) is 0 Å². The summed E-state index contributed by atoms with van der Waals surface area (Å²) in [6, 6.07) is 0. The molecule has 0 spiro atoms. The third-order valence-corrected chi connectivity index (χ3v) is 4.13. The predicted molar refractivity (Wildman–Crippen MR) is 81.8 cm³/mol. The summed E-state index contributed by atoms with van der Waals surface area (Å²) in [7, 11) is 1.46. The Morgan fingerprint density at radius 1 is 0.900 bits per heavy atom. The third kappa shape index (κ3) is 8.57. The van der Waals surface area contributed by atoms with Crippen LogP contribution < -0.4 is 0 Å². The summed E-state index contributed by atoms with van der Waals surface area (Å²) < 4.78 is 10.3. The van der Waals surface area contributed by atoms with Crippen LogP contribution in [0.3, 0.4) is 0 Å². The lowest BCUT2D eigenvalue weighted by Crippen LogP contribution is -1.99. The molecule has 2 atom stereocenters. The van der Waals surface area contributed by atoms with E-state index in [1.807, 2.05) is 0 Å². The van der Waals surface area contributed by atoms with Crippen LogP contribution in [-0.4, -0.2) is 25.3 Å². The Hall–Kier alpha value is -0.570. The normalized spacial score (nSPS) is 20.9. The van der Waals surface area contributed by atoms with Crippen molar-refractivity contribution in [2.45, 2.75) is 96.2 Å². The van der Waals surface area contributed by atoms with Crippen LogP contribution in [0, 0.1) is 0 Å². The summed E-state index contributed by atoms with van der Waals surface area (Å²) in [5.74, 6) is -0.0812. The van der Waals surface area contributed by atoms with Gasteiger partial charge in [0.05, 0.1) is 19.3 Å². The van der Waals surface area contributed by atoms with E-state index < -0.39 is 0 Å². The van der Waals surface area contributed by atoms with E-state index in [4.69, 9.17) is 4.74 Å². The van der Waals surface area contributed by atoms with Gasteiger partial charge in [-0.1, -0.05) is 58.3 Å². The van der Waals surface area contributed by atoms with Gasteiger partial charge in [0.25, 0.3) is 0 Å². The molecule has 20 heavy (non-hydrogen) atoms. The number of epoxide rings is 1. The highest BCUT2D eigenvalue weighted by Crippen LogP contribution is 2.31. The number of ether oxygens (including phenoxy) is 2. The van der Waals surface area contributed by atoms with Crippen LogP contribution in [0.4, 0.5) is 0 Å². The second-order valence-corrected chi connectivity index (χ2v) is 5.94. The Morgan fingerprint density at radius 2 is 1.45 bits per heavy atom. The number of esters is 1. The highest BCUT2D eigenvalue weighted by atomic mass is 16.6. The Morgan fingerprint density at radius 3 is 2.05 bits per heavy atom. The molecule has 1 heterocycles. The first-order chi connectivity index (χ1) is 9.77. The van der Waals surface area contributed by atoms with Gasteiger partial charge in [-0.3, -0.25) is 4.79 Å². The van der Waals surface area contributed by atoms with Gasteiger partial charge in [0, 0.05) is 6.42 Å². The van der Waals surface area contributed by atoms with E-state index in [2.05, 4.69) is 11.7 Å². The molecule has 0 saturated carbocycles. The molecule has 0 aromatic rings. The van der Waals surface area contributed by atoms with Gasteiger partial charge in [-0.25, -0.2) is 0 Å². The second-order valence-electron chi connectivity index (χ2n) is 5.94. The number of unbranched alkanes of at least 4 members (excludes halogenated alkanes) is 7. The average molecular weight is 284 g/mol. The minimum absolute atomic E-state index is 0.0812. The van der Waals surface area contributed by atoms with Gasteiger partial charge >= 0.3 is 5.97 Å². The number of hydrogen-bond donors (Lipinski definition) is 0. The van der Waals surface area contributed by atoms with Crippen molar-refractivity contribution < 1.29 is 14.3 Å². The smallest absolute Gasteiger partial charge is 0.305 e. The van der Waals surface area contributed by atoms with E-state index >= 15 is 0 Å². The maximum absolute atomic E-state index is 10.9. The largest absolute Gasteiger partial charge is 0.469 e. The summed E-state index contributed by atoms with van der Waals surface area (Å²) in [4.78, 5) is 10.9. The van der Waals surface area contributed by atoms with Crippen LogP contribution in [-0.2, 0) is 14.3 Å². The van der Waals surface area contributed by atoms with Crippen LogP contribution in [0.15, 0.2) is 0 Å². The van der Waals surface area contributed by atoms with Gasteiger partial charge in [-0.15, -0.1) is 0 Å². The zero-order chi connectivity index (χ0) is 14.6. The van der Waals surface area contributed by atoms with E-state index in [1.54, 1.807) is 0 Å². The molecule has 3 nitrogen and oxygen atoms in total. The molecule has 0 aliphatic carbocycles. The Bertz CT molecular complexity index is 253. The Labute approximate surface area is 124 Å². The van der Waals surface area contributed by atoms with Crippen LogP contribution in [0.25, 0.3) is 0 Å². The molecule has 1 saturated heterocycles. The molecule has 118 valence electrons. The lowest BCUT2D eigenvalue weighted by atomic mass is 10.0. The first-order valence-electron chi connectivity index (χ1n) is 8.50. The number of rotatable bonds is 13. The molecule has 1 rings (SSSR count). The molecular formula is C17H32O3. The molecule has 0 N–H and O–H groups in total. The fraction of sp³-hybridized carbons (Fsp3) is 0.941. The lowest BCUT2D eigenvalue weighted by molar-refractivity contribution is -0.140. The zero-order valence-corrected chi connectivity index (χ0v) is 13.4. The van der Waals surface area contributed by atoms with Crippen LogP contribution in [0.1, 0.15) is 84.0 Å². The molecule has 0 bridgehead atoms. The van der Waals surface area contributed by atoms with Gasteiger partial charge < -0.3 is 9.47 Å². The molecule has 0 unspecified atom stereocenters. The summed E-state index contributed by atoms with van der Waals surface area (Å²) in [6.07, 6.45) is 15.5. The monoisotopic (exact) mass is 284 g/mol. The van der Waals surface area contributed by atoms with Gasteiger partial charge in [0.1, 0.15) is 0 Å². The number of carbonyl (C=O) groups is 1. The van der Waals surface area contributed by atoms with E-state index in [1.165, 1.54) is 64.9 Å². The highest BCUT2D eigenvalue weighted by Gasteiger charge is 2.36. The minimum atomic E-state index is -0.0812. The maximum Gasteiger partial charge on any atom is 0.305 e. The lowest BCUT2D eigenvalue weighted by Gasteiger charge is -2.00. The summed E-state index contributed by atoms with van der Waals surface area (Å²) >= 11 is 0. The number of hydrogen-bond acceptors (Lipinski definition) is 3. The molecule has 0 amide bonds. The first-order valence-corrected chi connectivity index (χ1v) is 8.50. The fourth-order valence-corrected chi connectivity index (χ4v) is 2.71. The van der Waals surface area contributed by atoms with Gasteiger partial charge in [-0.05, 0) is 19.3 Å². The van der Waals surface area contributed by atoms with Crippen LogP contribution in [0.5, 0.6) is 0 Å². The zero-order valence-electron chi connectivity index (χ0n) is 13.4. The quantitative estimate of drug-likeness (QED) is 0.281. The molecule has 1 fully saturated rings. The molecule has 0 aromatic heterocycles. The van der Waals surface area contributed by atoms with Crippen molar-refractivity contribution >= 4 is 5.97 Å². The van der Waals surface area contributed by atoms with E-state index in [0.29, 0.717) is 18.6 Å². The number of methoxy groups -OCH3 is 1. The van der Waals surface area contributed by atoms with Crippen molar-refractivity contribution in [1.82, 2.24) is 0 Å². The molecule has 0 radical (unpaired) electrons. The third-order valence-electron chi connectivity index (χ3n) is 4.13. The second kappa shape index (κ2) is 11.1. The SMILES string of the molecule is CCCCCC[C@@H]1O[C@@H]1CCCCCCCC(=O)OC. The molecule has 0 aromatic carbocycles. The standard InChI is InChI=1S/C17H32O3/c1-3-4-5-9-12-15-16(20-15)13-10-7-6-8-11-14-17(18)19-2/h15-16H,3-14H2,1-2H3/t15-,16+/m0/s1. The van der Waals surface area contributed by atoms with Crippen molar-refractivity contribution in [2.75, 3.05) is 7.11 Å². The summed E-state index contributed by atoms with van der Waals surface area (Å²) in [5.41, 5.74) is 0. The average Bonchev–Trinajstić information content (AvgIpc) is 3.20. The first kappa shape index (κ1) is 17.5. The Balaban J connectivity index is 1.78. The molecular weight excluding hydrogens is 252 g/mol. The van der Waals surface area contributed by atoms with Crippen molar-refractivity contribution in [3.63, 3.8) is 0 Å².